The normalized spacial score (nSPS) is 11.1. The molecule has 3 rings (SSSR count). The first-order chi connectivity index (χ1) is 13.7. The zero-order valence-corrected chi connectivity index (χ0v) is 17.7. The summed E-state index contributed by atoms with van der Waals surface area (Å²) in [5, 5.41) is 3.43. The van der Waals surface area contributed by atoms with Gasteiger partial charge in [0.15, 0.2) is 0 Å². The number of halogens is 1. The Morgan fingerprint density at radius 3 is 2.24 bits per heavy atom. The lowest BCUT2D eigenvalue weighted by Gasteiger charge is -2.23. The van der Waals surface area contributed by atoms with Gasteiger partial charge in [0.2, 0.25) is 10.0 Å². The number of rotatable bonds is 6. The van der Waals surface area contributed by atoms with Crippen LogP contribution in [0, 0.1) is 6.92 Å². The molecule has 29 heavy (non-hydrogen) atoms. The Labute approximate surface area is 176 Å². The second kappa shape index (κ2) is 8.68. The fraction of sp³-hybridized carbons (Fsp3) is 0.136. The summed E-state index contributed by atoms with van der Waals surface area (Å²) in [6, 6.07) is 21.0. The molecular formula is C22H21ClN2O3S. The summed E-state index contributed by atoms with van der Waals surface area (Å²) >= 11 is 5.90. The molecule has 0 saturated heterocycles. The van der Waals surface area contributed by atoms with Crippen LogP contribution in [0.4, 0.5) is 11.4 Å². The molecule has 0 aliphatic rings. The Bertz CT molecular complexity index is 1110. The summed E-state index contributed by atoms with van der Waals surface area (Å²) in [6.45, 7) is 2.12. The van der Waals surface area contributed by atoms with E-state index in [2.05, 4.69) is 5.32 Å². The van der Waals surface area contributed by atoms with Crippen LogP contribution in [-0.4, -0.2) is 20.6 Å². The maximum Gasteiger partial charge on any atom is 0.255 e. The molecule has 0 heterocycles. The summed E-state index contributed by atoms with van der Waals surface area (Å²) in [5.74, 6) is -0.259. The molecular weight excluding hydrogens is 408 g/mol. The van der Waals surface area contributed by atoms with Crippen molar-refractivity contribution in [1.82, 2.24) is 0 Å². The Balaban J connectivity index is 1.80. The van der Waals surface area contributed by atoms with E-state index in [1.54, 1.807) is 48.5 Å². The predicted octanol–water partition coefficient (Wildman–Crippen LogP) is 4.87. The third-order valence-electron chi connectivity index (χ3n) is 4.33. The first kappa shape index (κ1) is 20.9. The maximum atomic E-state index is 12.5. The standard InChI is InChI=1S/C22H21ClN2O3S/c1-16-4-3-5-20(14-16)24-22(26)18-8-12-21(13-9-18)25(29(2,27)28)15-17-6-10-19(23)11-7-17/h3-14H,15H2,1-2H3,(H,24,26). The van der Waals surface area contributed by atoms with Gasteiger partial charge in [0.1, 0.15) is 0 Å². The van der Waals surface area contributed by atoms with Crippen LogP contribution in [0.3, 0.4) is 0 Å². The molecule has 0 aliphatic carbocycles. The van der Waals surface area contributed by atoms with Crippen LogP contribution in [0.15, 0.2) is 72.8 Å². The molecule has 0 fully saturated rings. The van der Waals surface area contributed by atoms with E-state index in [9.17, 15) is 13.2 Å². The Morgan fingerprint density at radius 2 is 1.66 bits per heavy atom. The van der Waals surface area contributed by atoms with Crippen molar-refractivity contribution in [2.45, 2.75) is 13.5 Å². The van der Waals surface area contributed by atoms with Crippen LogP contribution in [0.1, 0.15) is 21.5 Å². The Morgan fingerprint density at radius 1 is 1.00 bits per heavy atom. The molecule has 1 amide bonds. The molecule has 150 valence electrons. The number of sulfonamides is 1. The van der Waals surface area contributed by atoms with E-state index in [1.165, 1.54) is 4.31 Å². The van der Waals surface area contributed by atoms with Gasteiger partial charge in [0.05, 0.1) is 18.5 Å². The highest BCUT2D eigenvalue weighted by molar-refractivity contribution is 7.92. The van der Waals surface area contributed by atoms with Crippen LogP contribution in [-0.2, 0) is 16.6 Å². The van der Waals surface area contributed by atoms with E-state index in [0.717, 1.165) is 17.4 Å². The smallest absolute Gasteiger partial charge is 0.255 e. The molecule has 3 aromatic rings. The highest BCUT2D eigenvalue weighted by atomic mass is 35.5. The lowest BCUT2D eigenvalue weighted by atomic mass is 10.1. The Hall–Kier alpha value is -2.83. The fourth-order valence-electron chi connectivity index (χ4n) is 2.86. The zero-order valence-electron chi connectivity index (χ0n) is 16.1. The highest BCUT2D eigenvalue weighted by Gasteiger charge is 2.18. The van der Waals surface area contributed by atoms with Crippen molar-refractivity contribution in [2.75, 3.05) is 15.9 Å². The van der Waals surface area contributed by atoms with Crippen molar-refractivity contribution < 1.29 is 13.2 Å². The number of hydrogen-bond donors (Lipinski definition) is 1. The minimum absolute atomic E-state index is 0.171. The number of carbonyl (C=O) groups excluding carboxylic acids is 1. The second-order valence-electron chi connectivity index (χ2n) is 6.77. The van der Waals surface area contributed by atoms with Gasteiger partial charge in [-0.15, -0.1) is 0 Å². The summed E-state index contributed by atoms with van der Waals surface area (Å²) in [6.07, 6.45) is 1.15. The van der Waals surface area contributed by atoms with Gasteiger partial charge >= 0.3 is 0 Å². The zero-order chi connectivity index (χ0) is 21.0. The second-order valence-corrected chi connectivity index (χ2v) is 9.11. The van der Waals surface area contributed by atoms with Crippen molar-refractivity contribution in [1.29, 1.82) is 0 Å². The molecule has 0 aromatic heterocycles. The van der Waals surface area contributed by atoms with E-state index in [4.69, 9.17) is 11.6 Å². The van der Waals surface area contributed by atoms with E-state index < -0.39 is 10.0 Å². The van der Waals surface area contributed by atoms with Gasteiger partial charge < -0.3 is 5.32 Å². The monoisotopic (exact) mass is 428 g/mol. The minimum atomic E-state index is -3.51. The number of hydrogen-bond acceptors (Lipinski definition) is 3. The number of nitrogens with one attached hydrogen (secondary N) is 1. The molecule has 5 nitrogen and oxygen atoms in total. The van der Waals surface area contributed by atoms with E-state index in [1.807, 2.05) is 31.2 Å². The third kappa shape index (κ3) is 5.59. The van der Waals surface area contributed by atoms with Gasteiger partial charge in [-0.25, -0.2) is 8.42 Å². The third-order valence-corrected chi connectivity index (χ3v) is 5.73. The summed E-state index contributed by atoms with van der Waals surface area (Å²) < 4.78 is 25.9. The van der Waals surface area contributed by atoms with Crippen LogP contribution < -0.4 is 9.62 Å². The van der Waals surface area contributed by atoms with E-state index >= 15 is 0 Å². The van der Waals surface area contributed by atoms with Crippen molar-refractivity contribution in [3.05, 3.63) is 94.5 Å². The number of aryl methyl sites for hydroxylation is 1. The van der Waals surface area contributed by atoms with E-state index in [0.29, 0.717) is 22.0 Å². The van der Waals surface area contributed by atoms with Crippen molar-refractivity contribution >= 4 is 38.9 Å². The molecule has 0 spiro atoms. The van der Waals surface area contributed by atoms with Gasteiger partial charge in [-0.05, 0) is 66.6 Å². The molecule has 0 bridgehead atoms. The first-order valence-corrected chi connectivity index (χ1v) is 11.2. The first-order valence-electron chi connectivity index (χ1n) is 8.92. The fourth-order valence-corrected chi connectivity index (χ4v) is 3.88. The van der Waals surface area contributed by atoms with Gasteiger partial charge in [0, 0.05) is 16.3 Å². The molecule has 0 unspecified atom stereocenters. The average molecular weight is 429 g/mol. The minimum Gasteiger partial charge on any atom is -0.322 e. The molecule has 0 radical (unpaired) electrons. The number of carbonyl (C=O) groups is 1. The van der Waals surface area contributed by atoms with Gasteiger partial charge in [-0.2, -0.15) is 0 Å². The van der Waals surface area contributed by atoms with Crippen LogP contribution in [0.25, 0.3) is 0 Å². The van der Waals surface area contributed by atoms with Crippen LogP contribution >= 0.6 is 11.6 Å². The van der Waals surface area contributed by atoms with Gasteiger partial charge in [-0.1, -0.05) is 35.9 Å². The summed E-state index contributed by atoms with van der Waals surface area (Å²) in [7, 11) is -3.51. The number of benzene rings is 3. The van der Waals surface area contributed by atoms with Gasteiger partial charge in [-0.3, -0.25) is 9.10 Å². The maximum absolute atomic E-state index is 12.5. The lowest BCUT2D eigenvalue weighted by molar-refractivity contribution is 0.102. The molecule has 3 aromatic carbocycles. The largest absolute Gasteiger partial charge is 0.322 e. The molecule has 0 saturated carbocycles. The lowest BCUT2D eigenvalue weighted by Crippen LogP contribution is -2.29. The number of anilines is 2. The summed E-state index contributed by atoms with van der Waals surface area (Å²) in [5.41, 5.74) is 3.48. The van der Waals surface area contributed by atoms with Crippen LogP contribution in [0.2, 0.25) is 5.02 Å². The quantitative estimate of drug-likeness (QED) is 0.609. The molecule has 0 atom stereocenters. The van der Waals surface area contributed by atoms with Gasteiger partial charge in [0.25, 0.3) is 5.91 Å². The number of nitrogens with zero attached hydrogens (tertiary/aromatic N) is 1. The van der Waals surface area contributed by atoms with Crippen molar-refractivity contribution in [3.8, 4) is 0 Å². The average Bonchev–Trinajstić information content (AvgIpc) is 2.67. The number of amides is 1. The Kier molecular flexibility index (Phi) is 6.25. The molecule has 1 N–H and O–H groups in total. The SMILES string of the molecule is Cc1cccc(NC(=O)c2ccc(N(Cc3ccc(Cl)cc3)S(C)(=O)=O)cc2)c1. The topological polar surface area (TPSA) is 66.5 Å². The van der Waals surface area contributed by atoms with E-state index in [-0.39, 0.29) is 12.5 Å². The summed E-state index contributed by atoms with van der Waals surface area (Å²) in [4.78, 5) is 12.5. The van der Waals surface area contributed by atoms with Crippen molar-refractivity contribution in [2.24, 2.45) is 0 Å². The highest BCUT2D eigenvalue weighted by Crippen LogP contribution is 2.22. The molecule has 0 aliphatic heterocycles. The van der Waals surface area contributed by atoms with Crippen LogP contribution in [0.5, 0.6) is 0 Å². The van der Waals surface area contributed by atoms with Crippen molar-refractivity contribution in [3.63, 3.8) is 0 Å². The predicted molar refractivity (Wildman–Crippen MR) is 118 cm³/mol. The molecule has 7 heteroatoms.